The maximum absolute atomic E-state index is 12.1. The van der Waals surface area contributed by atoms with Crippen molar-refractivity contribution in [2.45, 2.75) is 46.0 Å². The van der Waals surface area contributed by atoms with E-state index in [9.17, 15) is 4.79 Å². The number of Topliss-reactive ketones (excluding diaryl/α,β-unsaturated/α-hetero) is 1. The molecule has 2 unspecified atom stereocenters. The normalized spacial score (nSPS) is 14.3. The number of oxazole rings is 1. The quantitative estimate of drug-likeness (QED) is 0.636. The summed E-state index contributed by atoms with van der Waals surface area (Å²) in [7, 11) is 0. The molecule has 4 nitrogen and oxygen atoms in total. The van der Waals surface area contributed by atoms with Crippen LogP contribution in [0.1, 0.15) is 53.3 Å². The van der Waals surface area contributed by atoms with Gasteiger partial charge in [-0.1, -0.05) is 0 Å². The van der Waals surface area contributed by atoms with E-state index in [-0.39, 0.29) is 11.8 Å². The number of hydrogen-bond acceptors (Lipinski definition) is 3. The third kappa shape index (κ3) is 2.52. The summed E-state index contributed by atoms with van der Waals surface area (Å²) >= 11 is 5.91. The minimum absolute atomic E-state index is 0.0539. The van der Waals surface area contributed by atoms with E-state index in [4.69, 9.17) is 16.0 Å². The number of carbonyl (C=O) groups is 1. The summed E-state index contributed by atoms with van der Waals surface area (Å²) in [6.45, 7) is 9.45. The van der Waals surface area contributed by atoms with Crippen molar-refractivity contribution in [1.29, 1.82) is 0 Å². The molecule has 0 saturated heterocycles. The van der Waals surface area contributed by atoms with Gasteiger partial charge in [0.05, 0.1) is 11.6 Å². The Morgan fingerprint density at radius 1 is 1.35 bits per heavy atom. The van der Waals surface area contributed by atoms with Crippen LogP contribution in [0.2, 0.25) is 0 Å². The molecule has 108 valence electrons. The second-order valence-corrected chi connectivity index (χ2v) is 5.77. The fourth-order valence-corrected chi connectivity index (χ4v) is 2.63. The van der Waals surface area contributed by atoms with Gasteiger partial charge >= 0.3 is 0 Å². The zero-order chi connectivity index (χ0) is 15.0. The summed E-state index contributed by atoms with van der Waals surface area (Å²) in [5.41, 5.74) is 2.55. The molecule has 0 spiro atoms. The number of alkyl halides is 1. The molecular weight excluding hydrogens is 276 g/mol. The topological polar surface area (TPSA) is 48.0 Å². The average molecular weight is 295 g/mol. The molecule has 0 aliphatic rings. The van der Waals surface area contributed by atoms with Crippen molar-refractivity contribution >= 4 is 17.4 Å². The summed E-state index contributed by atoms with van der Waals surface area (Å²) in [5, 5.41) is -0.525. The number of hydrogen-bond donors (Lipinski definition) is 0. The Morgan fingerprint density at radius 2 is 2.00 bits per heavy atom. The van der Waals surface area contributed by atoms with Crippen LogP contribution in [0.15, 0.2) is 16.7 Å². The number of halogens is 1. The molecule has 0 radical (unpaired) electrons. The van der Waals surface area contributed by atoms with E-state index in [0.717, 1.165) is 17.1 Å². The summed E-state index contributed by atoms with van der Waals surface area (Å²) in [4.78, 5) is 16.4. The van der Waals surface area contributed by atoms with Crippen LogP contribution in [0.4, 0.5) is 0 Å². The SMILES string of the molecule is Cc1cnc(C(C)n2c(C)cc(C(=O)C(C)Cl)c2C)o1. The lowest BCUT2D eigenvalue weighted by Crippen LogP contribution is -2.14. The van der Waals surface area contributed by atoms with Crippen molar-refractivity contribution < 1.29 is 9.21 Å². The number of ketones is 1. The highest BCUT2D eigenvalue weighted by Crippen LogP contribution is 2.26. The van der Waals surface area contributed by atoms with Gasteiger partial charge in [0, 0.05) is 17.0 Å². The summed E-state index contributed by atoms with van der Waals surface area (Å²) in [6, 6.07) is 1.82. The first-order valence-electron chi connectivity index (χ1n) is 6.62. The third-order valence-corrected chi connectivity index (χ3v) is 3.69. The van der Waals surface area contributed by atoms with Gasteiger partial charge in [-0.2, -0.15) is 0 Å². The fourth-order valence-electron chi connectivity index (χ4n) is 2.51. The molecule has 0 aliphatic heterocycles. The first kappa shape index (κ1) is 14.9. The van der Waals surface area contributed by atoms with Gasteiger partial charge in [0.25, 0.3) is 0 Å². The zero-order valence-corrected chi connectivity index (χ0v) is 13.2. The van der Waals surface area contributed by atoms with Crippen molar-refractivity contribution in [2.24, 2.45) is 0 Å². The number of aryl methyl sites for hydroxylation is 2. The van der Waals surface area contributed by atoms with Crippen LogP contribution < -0.4 is 0 Å². The summed E-state index contributed by atoms with van der Waals surface area (Å²) in [6.07, 6.45) is 1.70. The Morgan fingerprint density at radius 3 is 2.50 bits per heavy atom. The highest BCUT2D eigenvalue weighted by atomic mass is 35.5. The Kier molecular flexibility index (Phi) is 4.04. The Labute approximate surface area is 123 Å². The lowest BCUT2D eigenvalue weighted by atomic mass is 10.1. The van der Waals surface area contributed by atoms with Gasteiger partial charge < -0.3 is 8.98 Å². The molecule has 0 bridgehead atoms. The highest BCUT2D eigenvalue weighted by Gasteiger charge is 2.23. The number of carbonyl (C=O) groups excluding carboxylic acids is 1. The van der Waals surface area contributed by atoms with Gasteiger partial charge in [0.15, 0.2) is 5.78 Å². The van der Waals surface area contributed by atoms with Crippen molar-refractivity contribution in [3.63, 3.8) is 0 Å². The molecule has 2 heterocycles. The van der Waals surface area contributed by atoms with Gasteiger partial charge in [-0.3, -0.25) is 4.79 Å². The van der Waals surface area contributed by atoms with Crippen LogP contribution in [0.3, 0.4) is 0 Å². The minimum Gasteiger partial charge on any atom is -0.444 e. The second-order valence-electron chi connectivity index (χ2n) is 5.12. The minimum atomic E-state index is -0.525. The highest BCUT2D eigenvalue weighted by molar-refractivity contribution is 6.33. The van der Waals surface area contributed by atoms with E-state index in [1.165, 1.54) is 0 Å². The van der Waals surface area contributed by atoms with E-state index in [2.05, 4.69) is 9.55 Å². The van der Waals surface area contributed by atoms with Crippen LogP contribution in [0, 0.1) is 20.8 Å². The van der Waals surface area contributed by atoms with Crippen LogP contribution in [0.5, 0.6) is 0 Å². The molecule has 0 aliphatic carbocycles. The molecule has 0 aromatic carbocycles. The van der Waals surface area contributed by atoms with E-state index in [1.807, 2.05) is 33.8 Å². The molecule has 0 N–H and O–H groups in total. The molecular formula is C15H19ClN2O2. The van der Waals surface area contributed by atoms with Crippen molar-refractivity contribution in [1.82, 2.24) is 9.55 Å². The van der Waals surface area contributed by atoms with E-state index < -0.39 is 5.38 Å². The lowest BCUT2D eigenvalue weighted by Gasteiger charge is -2.15. The average Bonchev–Trinajstić information content (AvgIpc) is 2.92. The molecule has 0 fully saturated rings. The predicted octanol–water partition coefficient (Wildman–Crippen LogP) is 3.82. The van der Waals surface area contributed by atoms with E-state index in [1.54, 1.807) is 13.1 Å². The van der Waals surface area contributed by atoms with Gasteiger partial charge in [0.2, 0.25) is 5.89 Å². The van der Waals surface area contributed by atoms with Gasteiger partial charge in [0.1, 0.15) is 11.8 Å². The number of nitrogens with zero attached hydrogens (tertiary/aromatic N) is 2. The maximum Gasteiger partial charge on any atom is 0.217 e. The van der Waals surface area contributed by atoms with Crippen LogP contribution in [-0.4, -0.2) is 20.7 Å². The molecule has 0 amide bonds. The van der Waals surface area contributed by atoms with Crippen LogP contribution in [0.25, 0.3) is 0 Å². The Hall–Kier alpha value is -1.55. The Bertz CT molecular complexity index is 640. The summed E-state index contributed by atoms with van der Waals surface area (Å²) < 4.78 is 7.64. The monoisotopic (exact) mass is 294 g/mol. The molecule has 2 aromatic heterocycles. The van der Waals surface area contributed by atoms with Crippen LogP contribution in [-0.2, 0) is 0 Å². The third-order valence-electron chi connectivity index (χ3n) is 3.49. The van der Waals surface area contributed by atoms with E-state index in [0.29, 0.717) is 11.5 Å². The fraction of sp³-hybridized carbons (Fsp3) is 0.467. The van der Waals surface area contributed by atoms with Gasteiger partial charge in [-0.15, -0.1) is 11.6 Å². The van der Waals surface area contributed by atoms with Gasteiger partial charge in [-0.05, 0) is 40.7 Å². The maximum atomic E-state index is 12.1. The Balaban J connectivity index is 2.45. The molecule has 0 saturated carbocycles. The smallest absolute Gasteiger partial charge is 0.217 e. The first-order valence-corrected chi connectivity index (χ1v) is 7.05. The molecule has 20 heavy (non-hydrogen) atoms. The molecule has 2 aromatic rings. The van der Waals surface area contributed by atoms with Crippen molar-refractivity contribution in [3.8, 4) is 0 Å². The van der Waals surface area contributed by atoms with Gasteiger partial charge in [-0.25, -0.2) is 4.98 Å². The summed E-state index contributed by atoms with van der Waals surface area (Å²) in [5.74, 6) is 1.36. The molecule has 2 rings (SSSR count). The van der Waals surface area contributed by atoms with E-state index >= 15 is 0 Å². The van der Waals surface area contributed by atoms with Crippen molar-refractivity contribution in [2.75, 3.05) is 0 Å². The standard InChI is InChI=1S/C15H19ClN2O2/c1-8-6-13(14(19)10(3)16)11(4)18(8)12(5)15-17-7-9(2)20-15/h6-7,10,12H,1-5H3. The predicted molar refractivity (Wildman–Crippen MR) is 78.6 cm³/mol. The zero-order valence-electron chi connectivity index (χ0n) is 12.4. The first-order chi connectivity index (χ1) is 9.32. The number of rotatable bonds is 4. The second kappa shape index (κ2) is 5.44. The molecule has 5 heteroatoms. The lowest BCUT2D eigenvalue weighted by molar-refractivity contribution is 0.0991. The largest absolute Gasteiger partial charge is 0.444 e. The van der Waals surface area contributed by atoms with Crippen molar-refractivity contribution in [3.05, 3.63) is 40.9 Å². The number of aromatic nitrogens is 2. The molecule has 2 atom stereocenters. The van der Waals surface area contributed by atoms with Crippen LogP contribution >= 0.6 is 11.6 Å².